The minimum absolute atomic E-state index is 0.343. The molecule has 1 heterocycles. The number of nitrogens with one attached hydrogen (secondary N) is 1. The second-order valence-electron chi connectivity index (χ2n) is 3.38. The second-order valence-corrected chi connectivity index (χ2v) is 4.43. The zero-order chi connectivity index (χ0) is 12.3. The fraction of sp³-hybridized carbons (Fsp3) is 0.167. The van der Waals surface area contributed by atoms with E-state index in [1.807, 2.05) is 30.3 Å². The van der Waals surface area contributed by atoms with E-state index in [4.69, 9.17) is 10.5 Å². The minimum atomic E-state index is -0.343. The Kier molecular flexibility index (Phi) is 3.39. The summed E-state index contributed by atoms with van der Waals surface area (Å²) >= 11 is 1.20. The average molecular weight is 249 g/mol. The molecular formula is C12H13N2O2S+. The van der Waals surface area contributed by atoms with Crippen molar-refractivity contribution in [1.29, 1.82) is 0 Å². The zero-order valence-electron chi connectivity index (χ0n) is 9.40. The van der Waals surface area contributed by atoms with E-state index < -0.39 is 0 Å². The first-order chi connectivity index (χ1) is 8.22. The highest BCUT2D eigenvalue weighted by molar-refractivity contribution is 7.17. The van der Waals surface area contributed by atoms with E-state index >= 15 is 0 Å². The van der Waals surface area contributed by atoms with Crippen LogP contribution in [-0.2, 0) is 4.74 Å². The van der Waals surface area contributed by atoms with Gasteiger partial charge in [-0.05, 0) is 18.3 Å². The molecule has 3 N–H and O–H groups in total. The smallest absolute Gasteiger partial charge is 0.353 e. The van der Waals surface area contributed by atoms with Gasteiger partial charge >= 0.3 is 11.1 Å². The molecule has 1 aromatic heterocycles. The third-order valence-corrected chi connectivity index (χ3v) is 3.11. The van der Waals surface area contributed by atoms with Crippen LogP contribution in [0.3, 0.4) is 0 Å². The average Bonchev–Trinajstić information content (AvgIpc) is 2.73. The third-order valence-electron chi connectivity index (χ3n) is 2.21. The molecule has 2 rings (SSSR count). The monoisotopic (exact) mass is 249 g/mol. The SMILES string of the molecule is CCOC(=O)c1sc(N)[nH+]c1-c1ccccc1. The van der Waals surface area contributed by atoms with E-state index in [0.29, 0.717) is 22.3 Å². The summed E-state index contributed by atoms with van der Waals surface area (Å²) in [5.74, 6) is -0.343. The topological polar surface area (TPSA) is 66.5 Å². The van der Waals surface area contributed by atoms with Crippen LogP contribution in [0, 0.1) is 0 Å². The molecule has 0 spiro atoms. The maximum atomic E-state index is 11.8. The van der Waals surface area contributed by atoms with Crippen molar-refractivity contribution in [3.8, 4) is 11.3 Å². The van der Waals surface area contributed by atoms with Gasteiger partial charge in [-0.1, -0.05) is 30.3 Å². The molecule has 0 atom stereocenters. The minimum Gasteiger partial charge on any atom is -0.462 e. The predicted octanol–water partition coefficient (Wildman–Crippen LogP) is 1.99. The molecular weight excluding hydrogens is 236 g/mol. The van der Waals surface area contributed by atoms with E-state index in [9.17, 15) is 4.79 Å². The number of hydrogen-bond acceptors (Lipinski definition) is 4. The van der Waals surface area contributed by atoms with Crippen molar-refractivity contribution < 1.29 is 14.5 Å². The molecule has 0 aliphatic heterocycles. The Morgan fingerprint density at radius 1 is 1.41 bits per heavy atom. The predicted molar refractivity (Wildman–Crippen MR) is 66.7 cm³/mol. The van der Waals surface area contributed by atoms with Crippen LogP contribution in [-0.4, -0.2) is 12.6 Å². The van der Waals surface area contributed by atoms with Crippen molar-refractivity contribution in [2.75, 3.05) is 12.3 Å². The van der Waals surface area contributed by atoms with Gasteiger partial charge in [-0.2, -0.15) is 0 Å². The molecule has 0 aliphatic carbocycles. The normalized spacial score (nSPS) is 10.2. The number of hydrogen-bond donors (Lipinski definition) is 1. The van der Waals surface area contributed by atoms with Crippen molar-refractivity contribution in [3.05, 3.63) is 35.2 Å². The molecule has 0 bridgehead atoms. The number of rotatable bonds is 3. The van der Waals surface area contributed by atoms with Gasteiger partial charge in [0, 0.05) is 5.56 Å². The number of benzene rings is 1. The quantitative estimate of drug-likeness (QED) is 0.846. The van der Waals surface area contributed by atoms with Crippen LogP contribution in [0.1, 0.15) is 16.6 Å². The van der Waals surface area contributed by atoms with Crippen molar-refractivity contribution in [2.24, 2.45) is 0 Å². The van der Waals surface area contributed by atoms with E-state index in [1.54, 1.807) is 6.92 Å². The van der Waals surface area contributed by atoms with Crippen LogP contribution in [0.5, 0.6) is 0 Å². The fourth-order valence-electron chi connectivity index (χ4n) is 1.51. The van der Waals surface area contributed by atoms with Gasteiger partial charge in [0.1, 0.15) is 0 Å². The number of carbonyl (C=O) groups is 1. The number of ether oxygens (including phenoxy) is 1. The van der Waals surface area contributed by atoms with Gasteiger partial charge in [0.15, 0.2) is 10.6 Å². The Bertz CT molecular complexity index is 523. The number of thiazole rings is 1. The largest absolute Gasteiger partial charge is 0.462 e. The second kappa shape index (κ2) is 4.97. The van der Waals surface area contributed by atoms with Gasteiger partial charge in [0.2, 0.25) is 0 Å². The number of nitrogens with two attached hydrogens (primary N) is 1. The van der Waals surface area contributed by atoms with Crippen LogP contribution in [0.4, 0.5) is 5.13 Å². The van der Waals surface area contributed by atoms with Gasteiger partial charge in [-0.15, -0.1) is 0 Å². The summed E-state index contributed by atoms with van der Waals surface area (Å²) in [5.41, 5.74) is 7.34. The molecule has 88 valence electrons. The molecule has 0 unspecified atom stereocenters. The molecule has 2 aromatic rings. The summed E-state index contributed by atoms with van der Waals surface area (Å²) < 4.78 is 5.00. The summed E-state index contributed by atoms with van der Waals surface area (Å²) in [6.45, 7) is 2.13. The van der Waals surface area contributed by atoms with Crippen LogP contribution in [0.15, 0.2) is 30.3 Å². The lowest BCUT2D eigenvalue weighted by Crippen LogP contribution is -2.10. The molecule has 17 heavy (non-hydrogen) atoms. The summed E-state index contributed by atoms with van der Waals surface area (Å²) in [4.78, 5) is 15.3. The Morgan fingerprint density at radius 3 is 2.76 bits per heavy atom. The Balaban J connectivity index is 2.44. The number of carbonyl (C=O) groups excluding carboxylic acids is 1. The highest BCUT2D eigenvalue weighted by Crippen LogP contribution is 2.26. The highest BCUT2D eigenvalue weighted by Gasteiger charge is 2.22. The Morgan fingerprint density at radius 2 is 2.12 bits per heavy atom. The lowest BCUT2D eigenvalue weighted by molar-refractivity contribution is -0.340. The fourth-order valence-corrected chi connectivity index (χ4v) is 2.30. The first kappa shape index (κ1) is 11.6. The first-order valence-electron chi connectivity index (χ1n) is 5.26. The molecule has 0 radical (unpaired) electrons. The van der Waals surface area contributed by atoms with Crippen molar-refractivity contribution in [2.45, 2.75) is 6.92 Å². The van der Waals surface area contributed by atoms with Crippen LogP contribution < -0.4 is 10.7 Å². The summed E-state index contributed by atoms with van der Waals surface area (Å²) in [6, 6.07) is 9.57. The zero-order valence-corrected chi connectivity index (χ0v) is 10.2. The molecule has 1 aromatic carbocycles. The molecule has 0 aliphatic rings. The Labute approximate surface area is 103 Å². The number of anilines is 1. The van der Waals surface area contributed by atoms with Crippen molar-refractivity contribution in [1.82, 2.24) is 0 Å². The molecule has 0 saturated heterocycles. The van der Waals surface area contributed by atoms with Gasteiger partial charge in [0.25, 0.3) is 0 Å². The van der Waals surface area contributed by atoms with E-state index in [2.05, 4.69) is 4.98 Å². The maximum Gasteiger partial charge on any atom is 0.353 e. The number of aromatic nitrogens is 1. The first-order valence-corrected chi connectivity index (χ1v) is 6.08. The molecule has 0 fully saturated rings. The van der Waals surface area contributed by atoms with E-state index in [-0.39, 0.29) is 5.97 Å². The van der Waals surface area contributed by atoms with Crippen molar-refractivity contribution in [3.63, 3.8) is 0 Å². The number of H-pyrrole nitrogens is 1. The molecule has 5 heteroatoms. The number of aromatic amines is 1. The van der Waals surface area contributed by atoms with Crippen molar-refractivity contribution >= 4 is 22.4 Å². The van der Waals surface area contributed by atoms with E-state index in [0.717, 1.165) is 5.56 Å². The number of nitrogen functional groups attached to an aromatic ring is 1. The van der Waals surface area contributed by atoms with Gasteiger partial charge in [0.05, 0.1) is 6.61 Å². The summed E-state index contributed by atoms with van der Waals surface area (Å²) in [7, 11) is 0. The standard InChI is InChI=1S/C12H12N2O2S/c1-2-16-11(15)10-9(14-12(13)17-10)8-6-4-3-5-7-8/h3-7H,2H2,1H3,(H2,13,14)/p+1. The lowest BCUT2D eigenvalue weighted by Gasteiger charge is -2.00. The van der Waals surface area contributed by atoms with Crippen LogP contribution in [0.2, 0.25) is 0 Å². The highest BCUT2D eigenvalue weighted by atomic mass is 32.1. The summed E-state index contributed by atoms with van der Waals surface area (Å²) in [6.07, 6.45) is 0. The molecule has 0 amide bonds. The molecule has 4 nitrogen and oxygen atoms in total. The van der Waals surface area contributed by atoms with E-state index in [1.165, 1.54) is 11.3 Å². The van der Waals surface area contributed by atoms with Gasteiger partial charge in [-0.3, -0.25) is 5.73 Å². The lowest BCUT2D eigenvalue weighted by atomic mass is 10.1. The van der Waals surface area contributed by atoms with Crippen LogP contribution in [0.25, 0.3) is 11.3 Å². The molecule has 0 saturated carbocycles. The maximum absolute atomic E-state index is 11.8. The summed E-state index contributed by atoms with van der Waals surface area (Å²) in [5, 5.41) is 0.493. The third kappa shape index (κ3) is 2.45. The Hall–Kier alpha value is -1.88. The van der Waals surface area contributed by atoms with Crippen LogP contribution >= 0.6 is 11.3 Å². The van der Waals surface area contributed by atoms with Gasteiger partial charge in [-0.25, -0.2) is 9.78 Å². The number of esters is 1. The van der Waals surface area contributed by atoms with Gasteiger partial charge < -0.3 is 4.74 Å².